The van der Waals surface area contributed by atoms with Crippen molar-refractivity contribution >= 4 is 24.0 Å². The van der Waals surface area contributed by atoms with E-state index in [1.165, 1.54) is 0 Å². The monoisotopic (exact) mass is 289 g/mol. The van der Waals surface area contributed by atoms with Crippen molar-refractivity contribution in [3.05, 3.63) is 35.5 Å². The summed E-state index contributed by atoms with van der Waals surface area (Å²) in [6.07, 6.45) is 1.54. The molecule has 2 rings (SSSR count). The highest BCUT2D eigenvalue weighted by molar-refractivity contribution is 6.13. The van der Waals surface area contributed by atoms with Gasteiger partial charge in [-0.2, -0.15) is 0 Å². The maximum Gasteiger partial charge on any atom is 0.328 e. The quantitative estimate of drug-likeness (QED) is 0.594. The highest BCUT2D eigenvalue weighted by Gasteiger charge is 2.31. The highest BCUT2D eigenvalue weighted by Crippen LogP contribution is 2.17. The van der Waals surface area contributed by atoms with E-state index in [0.717, 1.165) is 4.90 Å². The molecule has 3 amide bonds. The molecule has 7 heteroatoms. The van der Waals surface area contributed by atoms with Gasteiger partial charge in [-0.15, -0.1) is 0 Å². The predicted molar refractivity (Wildman–Crippen MR) is 70.8 cm³/mol. The number of carboxylic acid groups (broad SMARTS) is 1. The smallest absolute Gasteiger partial charge is 0.328 e. The number of hydrogen-bond acceptors (Lipinski definition) is 5. The SMILES string of the molecule is CCN1C(=O)N/C(=C/c2ccc(OCC(=O)[O-])cc2)C1=O. The lowest BCUT2D eigenvalue weighted by atomic mass is 10.2. The summed E-state index contributed by atoms with van der Waals surface area (Å²) in [6, 6.07) is 5.97. The first-order valence-electron chi connectivity index (χ1n) is 6.28. The van der Waals surface area contributed by atoms with Gasteiger partial charge < -0.3 is 20.0 Å². The number of amides is 3. The second-order valence-corrected chi connectivity index (χ2v) is 4.27. The summed E-state index contributed by atoms with van der Waals surface area (Å²) in [6.45, 7) is 1.49. The molecule has 0 aliphatic carbocycles. The molecule has 0 radical (unpaired) electrons. The van der Waals surface area contributed by atoms with Gasteiger partial charge in [0.05, 0.1) is 5.97 Å². The van der Waals surface area contributed by atoms with Gasteiger partial charge in [0.25, 0.3) is 5.91 Å². The van der Waals surface area contributed by atoms with Crippen LogP contribution in [0.1, 0.15) is 12.5 Å². The maximum atomic E-state index is 11.9. The van der Waals surface area contributed by atoms with Crippen LogP contribution < -0.4 is 15.2 Å². The molecule has 1 fully saturated rings. The second kappa shape index (κ2) is 6.08. The van der Waals surface area contributed by atoms with Gasteiger partial charge in [-0.1, -0.05) is 12.1 Å². The van der Waals surface area contributed by atoms with E-state index < -0.39 is 18.6 Å². The Labute approximate surface area is 120 Å². The van der Waals surface area contributed by atoms with Gasteiger partial charge in [0.2, 0.25) is 0 Å². The zero-order chi connectivity index (χ0) is 15.4. The van der Waals surface area contributed by atoms with Crippen molar-refractivity contribution < 1.29 is 24.2 Å². The van der Waals surface area contributed by atoms with E-state index in [1.807, 2.05) is 0 Å². The fourth-order valence-electron chi connectivity index (χ4n) is 1.83. The third-order valence-corrected chi connectivity index (χ3v) is 2.83. The lowest BCUT2D eigenvalue weighted by molar-refractivity contribution is -0.307. The summed E-state index contributed by atoms with van der Waals surface area (Å²) >= 11 is 0. The number of imide groups is 1. The minimum Gasteiger partial charge on any atom is -0.546 e. The molecule has 110 valence electrons. The number of carbonyl (C=O) groups is 3. The van der Waals surface area contributed by atoms with Gasteiger partial charge in [-0.25, -0.2) is 4.79 Å². The van der Waals surface area contributed by atoms with Crippen LogP contribution in [-0.4, -0.2) is 36.0 Å². The van der Waals surface area contributed by atoms with E-state index in [0.29, 0.717) is 17.9 Å². The van der Waals surface area contributed by atoms with Crippen molar-refractivity contribution in [2.45, 2.75) is 6.92 Å². The minimum atomic E-state index is -1.31. The average Bonchev–Trinajstić information content (AvgIpc) is 2.72. The Balaban J connectivity index is 2.09. The van der Waals surface area contributed by atoms with Crippen LogP contribution in [0.25, 0.3) is 6.08 Å². The lowest BCUT2D eigenvalue weighted by Crippen LogP contribution is -2.30. The molecule has 0 aromatic heterocycles. The molecule has 1 aliphatic rings. The first kappa shape index (κ1) is 14.6. The van der Waals surface area contributed by atoms with E-state index in [2.05, 4.69) is 5.32 Å². The van der Waals surface area contributed by atoms with Crippen LogP contribution in [-0.2, 0) is 9.59 Å². The summed E-state index contributed by atoms with van der Waals surface area (Å²) in [5.41, 5.74) is 0.877. The molecular formula is C14H13N2O5-. The molecule has 1 heterocycles. The molecule has 0 bridgehead atoms. The van der Waals surface area contributed by atoms with Gasteiger partial charge in [-0.3, -0.25) is 9.69 Å². The molecule has 1 aromatic rings. The fraction of sp³-hybridized carbons (Fsp3) is 0.214. The number of hydrogen-bond donors (Lipinski definition) is 1. The number of ether oxygens (including phenoxy) is 1. The normalized spacial score (nSPS) is 16.2. The summed E-state index contributed by atoms with van der Waals surface area (Å²) in [7, 11) is 0. The first-order valence-corrected chi connectivity index (χ1v) is 6.28. The molecule has 1 N–H and O–H groups in total. The predicted octanol–water partition coefficient (Wildman–Crippen LogP) is -0.272. The van der Waals surface area contributed by atoms with Gasteiger partial charge in [0.15, 0.2) is 0 Å². The van der Waals surface area contributed by atoms with Crippen LogP contribution in [0.5, 0.6) is 5.75 Å². The van der Waals surface area contributed by atoms with Crippen LogP contribution in [0, 0.1) is 0 Å². The Morgan fingerprint density at radius 2 is 2.00 bits per heavy atom. The Hall–Kier alpha value is -2.83. The number of nitrogens with one attached hydrogen (secondary N) is 1. The fourth-order valence-corrected chi connectivity index (χ4v) is 1.83. The number of carboxylic acids is 1. The zero-order valence-electron chi connectivity index (χ0n) is 11.3. The molecule has 0 unspecified atom stereocenters. The third-order valence-electron chi connectivity index (χ3n) is 2.83. The number of urea groups is 1. The average molecular weight is 289 g/mol. The molecule has 1 aliphatic heterocycles. The molecule has 0 spiro atoms. The number of carbonyl (C=O) groups excluding carboxylic acids is 3. The largest absolute Gasteiger partial charge is 0.546 e. The molecular weight excluding hydrogens is 276 g/mol. The van der Waals surface area contributed by atoms with E-state index in [-0.39, 0.29) is 11.6 Å². The van der Waals surface area contributed by atoms with E-state index in [4.69, 9.17) is 4.74 Å². The van der Waals surface area contributed by atoms with Crippen molar-refractivity contribution in [1.82, 2.24) is 10.2 Å². The van der Waals surface area contributed by atoms with Crippen molar-refractivity contribution in [2.75, 3.05) is 13.2 Å². The van der Waals surface area contributed by atoms with Crippen LogP contribution in [0.4, 0.5) is 4.79 Å². The van der Waals surface area contributed by atoms with Gasteiger partial charge in [0, 0.05) is 6.54 Å². The van der Waals surface area contributed by atoms with Crippen molar-refractivity contribution in [3.8, 4) is 5.75 Å². The number of likely N-dealkylation sites (N-methyl/N-ethyl adjacent to an activating group) is 1. The minimum absolute atomic E-state index is 0.199. The molecule has 21 heavy (non-hydrogen) atoms. The summed E-state index contributed by atoms with van der Waals surface area (Å²) in [4.78, 5) is 34.7. The van der Waals surface area contributed by atoms with E-state index >= 15 is 0 Å². The Morgan fingerprint density at radius 3 is 2.52 bits per heavy atom. The Bertz CT molecular complexity index is 606. The standard InChI is InChI=1S/C14H14N2O5/c1-2-16-13(19)11(15-14(16)20)7-9-3-5-10(6-4-9)21-8-12(17)18/h3-7H,2,8H2,1H3,(H,15,20)(H,17,18)/p-1/b11-7+. The van der Waals surface area contributed by atoms with Gasteiger partial charge >= 0.3 is 6.03 Å². The van der Waals surface area contributed by atoms with E-state index in [9.17, 15) is 19.5 Å². The molecule has 1 aromatic carbocycles. The second-order valence-electron chi connectivity index (χ2n) is 4.27. The summed E-state index contributed by atoms with van der Waals surface area (Å²) in [5.74, 6) is -1.31. The topological polar surface area (TPSA) is 98.8 Å². The summed E-state index contributed by atoms with van der Waals surface area (Å²) < 4.78 is 4.94. The number of rotatable bonds is 5. The van der Waals surface area contributed by atoms with Crippen molar-refractivity contribution in [3.63, 3.8) is 0 Å². The Kier molecular flexibility index (Phi) is 4.22. The van der Waals surface area contributed by atoms with Gasteiger partial charge in [-0.05, 0) is 30.7 Å². The highest BCUT2D eigenvalue weighted by atomic mass is 16.5. The zero-order valence-corrected chi connectivity index (χ0v) is 11.3. The molecule has 7 nitrogen and oxygen atoms in total. The van der Waals surface area contributed by atoms with Gasteiger partial charge in [0.1, 0.15) is 18.1 Å². The van der Waals surface area contributed by atoms with Crippen molar-refractivity contribution in [2.24, 2.45) is 0 Å². The molecule has 0 atom stereocenters. The first-order chi connectivity index (χ1) is 10.0. The molecule has 1 saturated heterocycles. The van der Waals surface area contributed by atoms with Crippen LogP contribution >= 0.6 is 0 Å². The van der Waals surface area contributed by atoms with Crippen LogP contribution in [0.15, 0.2) is 30.0 Å². The number of nitrogens with zero attached hydrogens (tertiary/aromatic N) is 1. The van der Waals surface area contributed by atoms with Crippen molar-refractivity contribution in [1.29, 1.82) is 0 Å². The maximum absolute atomic E-state index is 11.9. The van der Waals surface area contributed by atoms with Crippen LogP contribution in [0.3, 0.4) is 0 Å². The summed E-state index contributed by atoms with van der Waals surface area (Å²) in [5, 5.41) is 12.8. The lowest BCUT2D eigenvalue weighted by Gasteiger charge is -2.07. The third kappa shape index (κ3) is 3.38. The number of benzene rings is 1. The molecule has 0 saturated carbocycles. The van der Waals surface area contributed by atoms with Crippen LogP contribution in [0.2, 0.25) is 0 Å². The van der Waals surface area contributed by atoms with E-state index in [1.54, 1.807) is 37.3 Å². The Morgan fingerprint density at radius 1 is 1.33 bits per heavy atom. The number of aliphatic carboxylic acids is 1.